The first-order chi connectivity index (χ1) is 7.61. The Morgan fingerprint density at radius 1 is 1.38 bits per heavy atom. The van der Waals surface area contributed by atoms with Crippen molar-refractivity contribution in [2.45, 2.75) is 13.5 Å². The second kappa shape index (κ2) is 5.27. The summed E-state index contributed by atoms with van der Waals surface area (Å²) < 4.78 is 4.52. The predicted molar refractivity (Wildman–Crippen MR) is 55.0 cm³/mol. The van der Waals surface area contributed by atoms with Gasteiger partial charge >= 0.3 is 5.97 Å². The Hall–Kier alpha value is -1.88. The van der Waals surface area contributed by atoms with Crippen molar-refractivity contribution in [1.82, 2.24) is 0 Å². The van der Waals surface area contributed by atoms with E-state index in [1.165, 1.54) is 18.2 Å². The number of aromatic hydroxyl groups is 1. The second-order valence-corrected chi connectivity index (χ2v) is 3.02. The SMILES string of the molecule is CCOC(=O)C(=O)c1cccc(CO)c1O. The number of hydrogen-bond acceptors (Lipinski definition) is 5. The second-order valence-electron chi connectivity index (χ2n) is 3.02. The van der Waals surface area contributed by atoms with Crippen molar-refractivity contribution in [2.24, 2.45) is 0 Å². The van der Waals surface area contributed by atoms with Gasteiger partial charge in [-0.15, -0.1) is 0 Å². The number of esters is 1. The molecule has 5 nitrogen and oxygen atoms in total. The lowest BCUT2D eigenvalue weighted by atomic mass is 10.1. The van der Waals surface area contributed by atoms with Gasteiger partial charge < -0.3 is 14.9 Å². The van der Waals surface area contributed by atoms with Crippen LogP contribution in [-0.2, 0) is 16.1 Å². The molecule has 0 fully saturated rings. The number of ketones is 1. The van der Waals surface area contributed by atoms with Gasteiger partial charge in [0.05, 0.1) is 18.8 Å². The van der Waals surface area contributed by atoms with E-state index in [9.17, 15) is 14.7 Å². The zero-order valence-corrected chi connectivity index (χ0v) is 8.77. The van der Waals surface area contributed by atoms with Crippen LogP contribution in [0.1, 0.15) is 22.8 Å². The molecule has 0 unspecified atom stereocenters. The van der Waals surface area contributed by atoms with Crippen LogP contribution in [0, 0.1) is 0 Å². The van der Waals surface area contributed by atoms with Gasteiger partial charge in [-0.25, -0.2) is 4.79 Å². The third-order valence-electron chi connectivity index (χ3n) is 2.00. The maximum Gasteiger partial charge on any atom is 0.379 e. The van der Waals surface area contributed by atoms with E-state index in [1.807, 2.05) is 0 Å². The minimum Gasteiger partial charge on any atom is -0.507 e. The van der Waals surface area contributed by atoms with Gasteiger partial charge in [-0.3, -0.25) is 4.79 Å². The monoisotopic (exact) mass is 224 g/mol. The maximum absolute atomic E-state index is 11.5. The minimum absolute atomic E-state index is 0.0883. The molecule has 0 radical (unpaired) electrons. The fourth-order valence-electron chi connectivity index (χ4n) is 1.21. The van der Waals surface area contributed by atoms with Crippen LogP contribution in [0.3, 0.4) is 0 Å². The van der Waals surface area contributed by atoms with E-state index >= 15 is 0 Å². The molecule has 86 valence electrons. The zero-order valence-electron chi connectivity index (χ0n) is 8.77. The summed E-state index contributed by atoms with van der Waals surface area (Å²) in [6.45, 7) is 1.26. The number of Topliss-reactive ketones (excluding diaryl/α,β-unsaturated/α-hetero) is 1. The molecule has 0 saturated heterocycles. The van der Waals surface area contributed by atoms with E-state index in [2.05, 4.69) is 4.74 Å². The molecular formula is C11H12O5. The van der Waals surface area contributed by atoms with Crippen LogP contribution in [-0.4, -0.2) is 28.6 Å². The standard InChI is InChI=1S/C11H12O5/c1-2-16-11(15)10(14)8-5-3-4-7(6-12)9(8)13/h3-5,12-13H,2,6H2,1H3. The fourth-order valence-corrected chi connectivity index (χ4v) is 1.21. The lowest BCUT2D eigenvalue weighted by Gasteiger charge is -2.06. The van der Waals surface area contributed by atoms with Crippen LogP contribution in [0.5, 0.6) is 5.75 Å². The molecule has 2 N–H and O–H groups in total. The van der Waals surface area contributed by atoms with Gasteiger partial charge in [0.1, 0.15) is 5.75 Å². The maximum atomic E-state index is 11.5. The molecule has 0 heterocycles. The Morgan fingerprint density at radius 3 is 2.62 bits per heavy atom. The number of aliphatic hydroxyl groups is 1. The Labute approximate surface area is 92.3 Å². The number of aliphatic hydroxyl groups excluding tert-OH is 1. The molecule has 5 heteroatoms. The molecule has 0 aliphatic rings. The number of hydrogen-bond donors (Lipinski definition) is 2. The Bertz CT molecular complexity index is 411. The average Bonchev–Trinajstić information content (AvgIpc) is 2.29. The predicted octanol–water partition coefficient (Wildman–Crippen LogP) is 0.630. The highest BCUT2D eigenvalue weighted by molar-refractivity contribution is 6.41. The molecule has 0 spiro atoms. The molecule has 1 aromatic rings. The Morgan fingerprint density at radius 2 is 2.06 bits per heavy atom. The van der Waals surface area contributed by atoms with Crippen LogP contribution in [0.15, 0.2) is 18.2 Å². The molecule has 0 amide bonds. The number of carbonyl (C=O) groups is 2. The number of ether oxygens (including phenoxy) is 1. The van der Waals surface area contributed by atoms with Crippen LogP contribution in [0.4, 0.5) is 0 Å². The summed E-state index contributed by atoms with van der Waals surface area (Å²) in [4.78, 5) is 22.7. The Balaban J connectivity index is 3.04. The summed E-state index contributed by atoms with van der Waals surface area (Å²) in [5, 5.41) is 18.5. The van der Waals surface area contributed by atoms with Crippen LogP contribution in [0.25, 0.3) is 0 Å². The van der Waals surface area contributed by atoms with Crippen molar-refractivity contribution in [3.05, 3.63) is 29.3 Å². The first-order valence-corrected chi connectivity index (χ1v) is 4.75. The normalized spacial score (nSPS) is 9.88. The van der Waals surface area contributed by atoms with Crippen molar-refractivity contribution in [2.75, 3.05) is 6.61 Å². The zero-order chi connectivity index (χ0) is 12.1. The molecule has 0 aromatic heterocycles. The molecule has 0 saturated carbocycles. The topological polar surface area (TPSA) is 83.8 Å². The van der Waals surface area contributed by atoms with Gasteiger partial charge in [0.15, 0.2) is 0 Å². The minimum atomic E-state index is -1.02. The third-order valence-corrected chi connectivity index (χ3v) is 2.00. The van der Waals surface area contributed by atoms with Gasteiger partial charge in [0.2, 0.25) is 0 Å². The van der Waals surface area contributed by atoms with Gasteiger partial charge in [0.25, 0.3) is 5.78 Å². The number of rotatable bonds is 4. The van der Waals surface area contributed by atoms with Crippen LogP contribution < -0.4 is 0 Å². The molecule has 1 aromatic carbocycles. The molecule has 1 rings (SSSR count). The molecule has 0 atom stereocenters. The first kappa shape index (κ1) is 12.2. The van der Waals surface area contributed by atoms with Crippen molar-refractivity contribution in [3.8, 4) is 5.75 Å². The van der Waals surface area contributed by atoms with Gasteiger partial charge in [-0.1, -0.05) is 12.1 Å². The summed E-state index contributed by atoms with van der Waals surface area (Å²) >= 11 is 0. The van der Waals surface area contributed by atoms with E-state index in [0.29, 0.717) is 0 Å². The summed E-state index contributed by atoms with van der Waals surface area (Å²) in [7, 11) is 0. The van der Waals surface area contributed by atoms with Crippen molar-refractivity contribution in [1.29, 1.82) is 0 Å². The molecule has 0 aliphatic heterocycles. The van der Waals surface area contributed by atoms with E-state index in [-0.39, 0.29) is 23.5 Å². The van der Waals surface area contributed by atoms with Crippen molar-refractivity contribution >= 4 is 11.8 Å². The van der Waals surface area contributed by atoms with Crippen molar-refractivity contribution in [3.63, 3.8) is 0 Å². The average molecular weight is 224 g/mol. The lowest BCUT2D eigenvalue weighted by Crippen LogP contribution is -2.17. The lowest BCUT2D eigenvalue weighted by molar-refractivity contribution is -0.137. The van der Waals surface area contributed by atoms with Gasteiger partial charge in [0, 0.05) is 5.56 Å². The summed E-state index contributed by atoms with van der Waals surface area (Å²) in [6, 6.07) is 4.22. The largest absolute Gasteiger partial charge is 0.507 e. The van der Waals surface area contributed by atoms with Crippen molar-refractivity contribution < 1.29 is 24.5 Å². The summed E-state index contributed by atoms with van der Waals surface area (Å²) in [6.07, 6.45) is 0. The molecule has 0 aliphatic carbocycles. The van der Waals surface area contributed by atoms with E-state index in [1.54, 1.807) is 6.92 Å². The first-order valence-electron chi connectivity index (χ1n) is 4.75. The third kappa shape index (κ3) is 2.38. The number of phenols is 1. The van der Waals surface area contributed by atoms with Crippen LogP contribution in [0.2, 0.25) is 0 Å². The van der Waals surface area contributed by atoms with Gasteiger partial charge in [-0.2, -0.15) is 0 Å². The summed E-state index contributed by atoms with van der Waals surface area (Å²) in [5.41, 5.74) is 0.0279. The molecule has 16 heavy (non-hydrogen) atoms. The fraction of sp³-hybridized carbons (Fsp3) is 0.273. The quantitative estimate of drug-likeness (QED) is 0.445. The number of carbonyl (C=O) groups excluding carboxylic acids is 2. The van der Waals surface area contributed by atoms with Crippen LogP contribution >= 0.6 is 0 Å². The highest BCUT2D eigenvalue weighted by atomic mass is 16.5. The smallest absolute Gasteiger partial charge is 0.379 e. The van der Waals surface area contributed by atoms with E-state index in [0.717, 1.165) is 0 Å². The highest BCUT2D eigenvalue weighted by Gasteiger charge is 2.21. The number of para-hydroxylation sites is 1. The highest BCUT2D eigenvalue weighted by Crippen LogP contribution is 2.23. The van der Waals surface area contributed by atoms with E-state index in [4.69, 9.17) is 5.11 Å². The van der Waals surface area contributed by atoms with Gasteiger partial charge in [-0.05, 0) is 13.0 Å². The molecule has 0 bridgehead atoms. The Kier molecular flexibility index (Phi) is 4.02. The number of benzene rings is 1. The summed E-state index contributed by atoms with van der Waals surface area (Å²) in [5.74, 6) is -2.33. The molecular weight excluding hydrogens is 212 g/mol. The van der Waals surface area contributed by atoms with E-state index < -0.39 is 18.4 Å².